The van der Waals surface area contributed by atoms with Crippen molar-refractivity contribution in [1.29, 1.82) is 0 Å². The maximum absolute atomic E-state index is 12.9. The van der Waals surface area contributed by atoms with E-state index in [0.29, 0.717) is 19.8 Å². The van der Waals surface area contributed by atoms with Crippen LogP contribution in [-0.2, 0) is 38.8 Å². The number of benzene rings is 3. The highest BCUT2D eigenvalue weighted by molar-refractivity contribution is 5.69. The van der Waals surface area contributed by atoms with Crippen LogP contribution in [0.2, 0.25) is 0 Å². The van der Waals surface area contributed by atoms with Crippen LogP contribution in [0.5, 0.6) is 0 Å². The molecule has 0 radical (unpaired) electrons. The van der Waals surface area contributed by atoms with E-state index in [9.17, 15) is 9.90 Å². The van der Waals surface area contributed by atoms with E-state index in [1.165, 1.54) is 0 Å². The second-order valence-corrected chi connectivity index (χ2v) is 11.6. The van der Waals surface area contributed by atoms with Crippen LogP contribution in [0, 0.1) is 11.8 Å². The number of aliphatic hydroxyl groups excluding tert-OH is 1. The standard InChI is InChI=1S/C33H39NO6/c1-32(2,3)40-31(36)34-29-27-26(19-35)28(37-20-23-13-7-4-8-14-23)30(38-21-24-15-9-5-10-16-24)33(27,29)39-22-25-17-11-6-12-18-25/h4-18,26-30,35H,19-22H2,1-3H3,(H,34,36)/t26-,27+,28+,29-,30-,33-/m0/s1. The van der Waals surface area contributed by atoms with Gasteiger partial charge in [0, 0.05) is 18.4 Å². The van der Waals surface area contributed by atoms with Crippen molar-refractivity contribution in [1.82, 2.24) is 5.32 Å². The summed E-state index contributed by atoms with van der Waals surface area (Å²) in [5.74, 6) is -0.518. The molecule has 3 aromatic rings. The van der Waals surface area contributed by atoms with Gasteiger partial charge >= 0.3 is 6.09 Å². The zero-order valence-corrected chi connectivity index (χ0v) is 23.4. The fraction of sp³-hybridized carbons (Fsp3) is 0.424. The number of hydrogen-bond donors (Lipinski definition) is 2. The van der Waals surface area contributed by atoms with Gasteiger partial charge in [0.2, 0.25) is 0 Å². The predicted molar refractivity (Wildman–Crippen MR) is 151 cm³/mol. The number of carbonyl (C=O) groups excluding carboxylic acids is 1. The van der Waals surface area contributed by atoms with Crippen molar-refractivity contribution in [3.8, 4) is 0 Å². The SMILES string of the molecule is CC(C)(C)OC(=O)N[C@H]1[C@H]2[C@H](CO)[C@@H](OCc3ccccc3)[C@H](OCc3ccccc3)[C@]21OCc1ccccc1. The van der Waals surface area contributed by atoms with Gasteiger partial charge in [0.1, 0.15) is 17.3 Å². The molecule has 5 rings (SSSR count). The Kier molecular flexibility index (Phi) is 8.57. The minimum Gasteiger partial charge on any atom is -0.444 e. The smallest absolute Gasteiger partial charge is 0.407 e. The third-order valence-electron chi connectivity index (χ3n) is 7.66. The highest BCUT2D eigenvalue weighted by Gasteiger charge is 2.81. The molecule has 40 heavy (non-hydrogen) atoms. The van der Waals surface area contributed by atoms with Crippen molar-refractivity contribution in [2.24, 2.45) is 11.8 Å². The Labute approximate surface area is 236 Å². The number of aliphatic hydroxyl groups is 1. The second-order valence-electron chi connectivity index (χ2n) is 11.6. The molecule has 2 aliphatic rings. The molecule has 0 unspecified atom stereocenters. The van der Waals surface area contributed by atoms with Crippen molar-refractivity contribution in [3.63, 3.8) is 0 Å². The third kappa shape index (κ3) is 6.23. The summed E-state index contributed by atoms with van der Waals surface area (Å²) in [6.07, 6.45) is -1.50. The fourth-order valence-corrected chi connectivity index (χ4v) is 5.91. The molecule has 0 saturated heterocycles. The number of fused-ring (bicyclic) bond motifs is 1. The largest absolute Gasteiger partial charge is 0.444 e. The average molecular weight is 546 g/mol. The Morgan fingerprint density at radius 1 is 0.800 bits per heavy atom. The van der Waals surface area contributed by atoms with E-state index in [2.05, 4.69) is 5.32 Å². The summed E-state index contributed by atoms with van der Waals surface area (Å²) in [5.41, 5.74) is 1.52. The number of carbonyl (C=O) groups is 1. The first-order chi connectivity index (χ1) is 19.3. The summed E-state index contributed by atoms with van der Waals surface area (Å²) < 4.78 is 25.4. The number of amides is 1. The zero-order valence-electron chi connectivity index (χ0n) is 23.4. The highest BCUT2D eigenvalue weighted by Crippen LogP contribution is 2.63. The zero-order chi connectivity index (χ0) is 28.2. The molecule has 0 aliphatic heterocycles. The van der Waals surface area contributed by atoms with Crippen LogP contribution in [0.3, 0.4) is 0 Å². The van der Waals surface area contributed by atoms with Gasteiger partial charge in [-0.05, 0) is 37.5 Å². The lowest BCUT2D eigenvalue weighted by Gasteiger charge is -2.33. The van der Waals surface area contributed by atoms with Crippen LogP contribution < -0.4 is 5.32 Å². The molecular weight excluding hydrogens is 506 g/mol. The molecule has 2 aliphatic carbocycles. The summed E-state index contributed by atoms with van der Waals surface area (Å²) in [6.45, 7) is 6.42. The molecular formula is C33H39NO6. The second kappa shape index (κ2) is 12.1. The highest BCUT2D eigenvalue weighted by atomic mass is 16.6. The van der Waals surface area contributed by atoms with Gasteiger partial charge < -0.3 is 29.4 Å². The van der Waals surface area contributed by atoms with Gasteiger partial charge in [-0.1, -0.05) is 91.0 Å². The van der Waals surface area contributed by atoms with E-state index in [-0.39, 0.29) is 18.4 Å². The van der Waals surface area contributed by atoms with Gasteiger partial charge in [0.25, 0.3) is 0 Å². The number of ether oxygens (including phenoxy) is 4. The summed E-state index contributed by atoms with van der Waals surface area (Å²) in [7, 11) is 0. The Bertz CT molecular complexity index is 1230. The van der Waals surface area contributed by atoms with Crippen LogP contribution in [-0.4, -0.2) is 47.3 Å². The van der Waals surface area contributed by atoms with Crippen LogP contribution >= 0.6 is 0 Å². The summed E-state index contributed by atoms with van der Waals surface area (Å²) >= 11 is 0. The Morgan fingerprint density at radius 2 is 1.30 bits per heavy atom. The number of nitrogens with one attached hydrogen (secondary N) is 1. The molecule has 2 saturated carbocycles. The van der Waals surface area contributed by atoms with Crippen molar-refractivity contribution >= 4 is 6.09 Å². The van der Waals surface area contributed by atoms with Gasteiger partial charge in [0.15, 0.2) is 0 Å². The quantitative estimate of drug-likeness (QED) is 0.342. The van der Waals surface area contributed by atoms with E-state index in [1.54, 1.807) is 0 Å². The Balaban J connectivity index is 1.45. The molecule has 3 aromatic carbocycles. The Morgan fingerprint density at radius 3 is 1.80 bits per heavy atom. The lowest BCUT2D eigenvalue weighted by Crippen LogP contribution is -2.50. The van der Waals surface area contributed by atoms with E-state index < -0.39 is 35.5 Å². The topological polar surface area (TPSA) is 86.3 Å². The molecule has 0 aromatic heterocycles. The summed E-state index contributed by atoms with van der Waals surface area (Å²) in [4.78, 5) is 12.9. The van der Waals surface area contributed by atoms with E-state index in [4.69, 9.17) is 18.9 Å². The first kappa shape index (κ1) is 28.3. The molecule has 1 amide bonds. The number of hydrogen-bond acceptors (Lipinski definition) is 6. The lowest BCUT2D eigenvalue weighted by atomic mass is 9.98. The van der Waals surface area contributed by atoms with Crippen molar-refractivity contribution in [3.05, 3.63) is 108 Å². The first-order valence-corrected chi connectivity index (χ1v) is 13.9. The van der Waals surface area contributed by atoms with Crippen LogP contribution in [0.15, 0.2) is 91.0 Å². The first-order valence-electron chi connectivity index (χ1n) is 13.9. The van der Waals surface area contributed by atoms with Crippen LogP contribution in [0.4, 0.5) is 4.79 Å². The molecule has 212 valence electrons. The van der Waals surface area contributed by atoms with E-state index >= 15 is 0 Å². The van der Waals surface area contributed by atoms with Gasteiger partial charge in [0.05, 0.1) is 32.0 Å². The molecule has 6 atom stereocenters. The van der Waals surface area contributed by atoms with E-state index in [1.807, 2.05) is 112 Å². The van der Waals surface area contributed by atoms with Crippen molar-refractivity contribution in [2.45, 2.75) is 70.0 Å². The normalized spacial score (nSPS) is 27.1. The monoisotopic (exact) mass is 545 g/mol. The fourth-order valence-electron chi connectivity index (χ4n) is 5.91. The van der Waals surface area contributed by atoms with Gasteiger partial charge in [-0.15, -0.1) is 0 Å². The van der Waals surface area contributed by atoms with Gasteiger partial charge in [-0.25, -0.2) is 4.79 Å². The van der Waals surface area contributed by atoms with Gasteiger partial charge in [-0.2, -0.15) is 0 Å². The van der Waals surface area contributed by atoms with Crippen LogP contribution in [0.1, 0.15) is 37.5 Å². The molecule has 2 fully saturated rings. The maximum Gasteiger partial charge on any atom is 0.407 e. The van der Waals surface area contributed by atoms with E-state index in [0.717, 1.165) is 16.7 Å². The summed E-state index contributed by atoms with van der Waals surface area (Å²) in [5, 5.41) is 13.7. The molecule has 2 N–H and O–H groups in total. The predicted octanol–water partition coefficient (Wildman–Crippen LogP) is 5.26. The molecule has 7 heteroatoms. The van der Waals surface area contributed by atoms with Crippen molar-refractivity contribution in [2.75, 3.05) is 6.61 Å². The third-order valence-corrected chi connectivity index (χ3v) is 7.66. The Hall–Kier alpha value is -3.23. The van der Waals surface area contributed by atoms with Crippen LogP contribution in [0.25, 0.3) is 0 Å². The molecule has 0 spiro atoms. The molecule has 0 heterocycles. The van der Waals surface area contributed by atoms with Crippen molar-refractivity contribution < 1.29 is 28.8 Å². The average Bonchev–Trinajstić information content (AvgIpc) is 3.46. The lowest BCUT2D eigenvalue weighted by molar-refractivity contribution is -0.156. The maximum atomic E-state index is 12.9. The summed E-state index contributed by atoms with van der Waals surface area (Å²) in [6, 6.07) is 29.4. The minimum atomic E-state index is -0.893. The number of rotatable bonds is 11. The van der Waals surface area contributed by atoms with Gasteiger partial charge in [-0.3, -0.25) is 0 Å². The number of alkyl carbamates (subject to hydrolysis) is 1. The molecule has 7 nitrogen and oxygen atoms in total. The molecule has 0 bridgehead atoms. The minimum absolute atomic E-state index is 0.127.